The first kappa shape index (κ1) is 18.9. The molecule has 28 heavy (non-hydrogen) atoms. The van der Waals surface area contributed by atoms with E-state index in [-0.39, 0.29) is 5.97 Å². The van der Waals surface area contributed by atoms with Crippen LogP contribution in [0.15, 0.2) is 60.9 Å². The molecular formula is C22H18N2O4. The molecule has 0 N–H and O–H groups in total. The number of hydrogen-bond acceptors (Lipinski definition) is 6. The molecule has 1 aromatic heterocycles. The predicted octanol–water partition coefficient (Wildman–Crippen LogP) is 4.56. The monoisotopic (exact) mass is 374 g/mol. The van der Waals surface area contributed by atoms with Crippen molar-refractivity contribution >= 4 is 5.97 Å². The zero-order valence-corrected chi connectivity index (χ0v) is 15.5. The maximum atomic E-state index is 11.1. The van der Waals surface area contributed by atoms with Gasteiger partial charge in [-0.25, -0.2) is 0 Å². The van der Waals surface area contributed by atoms with Gasteiger partial charge in [0.05, 0.1) is 5.56 Å². The molecule has 1 heterocycles. The third-order valence-corrected chi connectivity index (χ3v) is 3.86. The van der Waals surface area contributed by atoms with E-state index in [1.54, 1.807) is 48.8 Å². The first-order valence-electron chi connectivity index (χ1n) is 8.58. The van der Waals surface area contributed by atoms with Crippen LogP contribution in [0.5, 0.6) is 23.0 Å². The number of nitriles is 1. The fourth-order valence-corrected chi connectivity index (χ4v) is 2.50. The Bertz CT molecular complexity index is 1030. The van der Waals surface area contributed by atoms with Crippen molar-refractivity contribution in [2.24, 2.45) is 0 Å². The van der Waals surface area contributed by atoms with E-state index in [1.807, 2.05) is 19.1 Å². The van der Waals surface area contributed by atoms with Gasteiger partial charge < -0.3 is 14.2 Å². The predicted molar refractivity (Wildman–Crippen MR) is 102 cm³/mol. The van der Waals surface area contributed by atoms with Gasteiger partial charge in [-0.05, 0) is 60.5 Å². The molecule has 0 atom stereocenters. The molecule has 6 heteroatoms. The van der Waals surface area contributed by atoms with E-state index in [0.29, 0.717) is 35.2 Å². The molecule has 0 radical (unpaired) electrons. The molecule has 3 rings (SSSR count). The average molecular weight is 374 g/mol. The van der Waals surface area contributed by atoms with E-state index >= 15 is 0 Å². The van der Waals surface area contributed by atoms with Crippen molar-refractivity contribution in [1.29, 1.82) is 5.26 Å². The second-order valence-corrected chi connectivity index (χ2v) is 6.04. The van der Waals surface area contributed by atoms with Gasteiger partial charge in [-0.2, -0.15) is 5.26 Å². The number of benzene rings is 2. The van der Waals surface area contributed by atoms with Crippen LogP contribution in [0.2, 0.25) is 0 Å². The number of carbonyl (C=O) groups excluding carboxylic acids is 1. The van der Waals surface area contributed by atoms with E-state index < -0.39 is 0 Å². The van der Waals surface area contributed by atoms with Crippen molar-refractivity contribution in [3.63, 3.8) is 0 Å². The topological polar surface area (TPSA) is 81.4 Å². The number of carbonyl (C=O) groups is 1. The first-order valence-corrected chi connectivity index (χ1v) is 8.58. The third kappa shape index (κ3) is 4.86. The molecule has 0 aliphatic carbocycles. The zero-order chi connectivity index (χ0) is 19.9. The molecular weight excluding hydrogens is 356 g/mol. The Balaban J connectivity index is 1.78. The molecule has 0 fully saturated rings. The molecule has 0 unspecified atom stereocenters. The molecule has 0 amide bonds. The Morgan fingerprint density at radius 3 is 2.46 bits per heavy atom. The molecule has 0 spiro atoms. The summed E-state index contributed by atoms with van der Waals surface area (Å²) < 4.78 is 16.8. The normalized spacial score (nSPS) is 10.0. The van der Waals surface area contributed by atoms with E-state index in [9.17, 15) is 10.1 Å². The number of esters is 1. The zero-order valence-electron chi connectivity index (χ0n) is 15.5. The molecule has 0 aliphatic heterocycles. The first-order chi connectivity index (χ1) is 13.5. The number of rotatable bonds is 6. The summed E-state index contributed by atoms with van der Waals surface area (Å²) >= 11 is 0. The number of ether oxygens (including phenoxy) is 3. The lowest BCUT2D eigenvalue weighted by Crippen LogP contribution is -2.02. The Morgan fingerprint density at radius 2 is 1.79 bits per heavy atom. The molecule has 2 aromatic carbocycles. The number of pyridine rings is 1. The van der Waals surface area contributed by atoms with E-state index in [4.69, 9.17) is 14.2 Å². The third-order valence-electron chi connectivity index (χ3n) is 3.86. The van der Waals surface area contributed by atoms with Gasteiger partial charge in [0.15, 0.2) is 0 Å². The van der Waals surface area contributed by atoms with Crippen molar-refractivity contribution in [3.8, 4) is 29.1 Å². The Kier molecular flexibility index (Phi) is 5.87. The summed E-state index contributed by atoms with van der Waals surface area (Å²) in [7, 11) is 0. The highest BCUT2D eigenvalue weighted by Crippen LogP contribution is 2.32. The minimum absolute atomic E-state index is 0.379. The Labute approximate surface area is 162 Å². The summed E-state index contributed by atoms with van der Waals surface area (Å²) in [5.41, 5.74) is 2.12. The maximum absolute atomic E-state index is 11.1. The van der Waals surface area contributed by atoms with Crippen LogP contribution < -0.4 is 14.2 Å². The van der Waals surface area contributed by atoms with Crippen LogP contribution in [0.4, 0.5) is 0 Å². The van der Waals surface area contributed by atoms with Crippen molar-refractivity contribution in [3.05, 3.63) is 77.6 Å². The van der Waals surface area contributed by atoms with Gasteiger partial charge in [0, 0.05) is 25.4 Å². The molecule has 0 bridgehead atoms. The summed E-state index contributed by atoms with van der Waals surface area (Å²) in [4.78, 5) is 15.1. The van der Waals surface area contributed by atoms with Crippen molar-refractivity contribution < 1.29 is 19.0 Å². The Hall–Kier alpha value is -3.85. The highest BCUT2D eigenvalue weighted by atomic mass is 16.5. The SMILES string of the molecule is CC(=O)Oc1ccc(Oc2cc(OCc3ccncc3)ccc2C#N)cc1C. The van der Waals surface area contributed by atoms with Crippen LogP contribution in [0, 0.1) is 18.3 Å². The van der Waals surface area contributed by atoms with Crippen LogP contribution >= 0.6 is 0 Å². The summed E-state index contributed by atoms with van der Waals surface area (Å²) in [5, 5.41) is 9.36. The van der Waals surface area contributed by atoms with Crippen LogP contribution in [0.3, 0.4) is 0 Å². The van der Waals surface area contributed by atoms with Gasteiger partial charge in [-0.1, -0.05) is 0 Å². The summed E-state index contributed by atoms with van der Waals surface area (Å²) in [6.07, 6.45) is 3.40. The summed E-state index contributed by atoms with van der Waals surface area (Å²) in [5.74, 6) is 1.57. The van der Waals surface area contributed by atoms with Crippen LogP contribution in [-0.4, -0.2) is 11.0 Å². The van der Waals surface area contributed by atoms with Crippen LogP contribution in [-0.2, 0) is 11.4 Å². The van der Waals surface area contributed by atoms with Crippen LogP contribution in [0.25, 0.3) is 0 Å². The maximum Gasteiger partial charge on any atom is 0.308 e. The standard InChI is InChI=1S/C22H18N2O4/c1-15-11-20(5-6-21(15)27-16(2)25)28-22-12-19(4-3-18(22)13-23)26-14-17-7-9-24-10-8-17/h3-12H,14H2,1-2H3. The molecule has 0 aliphatic rings. The van der Waals surface area contributed by atoms with E-state index in [0.717, 1.165) is 11.1 Å². The molecule has 3 aromatic rings. The van der Waals surface area contributed by atoms with Gasteiger partial charge in [-0.3, -0.25) is 9.78 Å². The largest absolute Gasteiger partial charge is 0.489 e. The number of nitrogens with zero attached hydrogens (tertiary/aromatic N) is 2. The fourth-order valence-electron chi connectivity index (χ4n) is 2.50. The summed E-state index contributed by atoms with van der Waals surface area (Å²) in [6, 6.07) is 16.0. The van der Waals surface area contributed by atoms with E-state index in [1.165, 1.54) is 6.92 Å². The van der Waals surface area contributed by atoms with Crippen molar-refractivity contribution in [1.82, 2.24) is 4.98 Å². The Morgan fingerprint density at radius 1 is 1.04 bits per heavy atom. The molecule has 6 nitrogen and oxygen atoms in total. The number of aryl methyl sites for hydroxylation is 1. The highest BCUT2D eigenvalue weighted by Gasteiger charge is 2.10. The smallest absolute Gasteiger partial charge is 0.308 e. The van der Waals surface area contributed by atoms with Crippen molar-refractivity contribution in [2.75, 3.05) is 0 Å². The lowest BCUT2D eigenvalue weighted by Gasteiger charge is -2.12. The lowest BCUT2D eigenvalue weighted by atomic mass is 10.2. The fraction of sp³-hybridized carbons (Fsp3) is 0.136. The van der Waals surface area contributed by atoms with Gasteiger partial charge in [-0.15, -0.1) is 0 Å². The highest BCUT2D eigenvalue weighted by molar-refractivity contribution is 5.70. The quantitative estimate of drug-likeness (QED) is 0.465. The number of aromatic nitrogens is 1. The average Bonchev–Trinajstić information content (AvgIpc) is 2.69. The minimum atomic E-state index is -0.386. The van der Waals surface area contributed by atoms with Gasteiger partial charge >= 0.3 is 5.97 Å². The van der Waals surface area contributed by atoms with Gasteiger partial charge in [0.25, 0.3) is 0 Å². The second kappa shape index (κ2) is 8.69. The van der Waals surface area contributed by atoms with Crippen molar-refractivity contribution in [2.45, 2.75) is 20.5 Å². The van der Waals surface area contributed by atoms with Crippen LogP contribution in [0.1, 0.15) is 23.6 Å². The lowest BCUT2D eigenvalue weighted by molar-refractivity contribution is -0.131. The van der Waals surface area contributed by atoms with Gasteiger partial charge in [0.2, 0.25) is 0 Å². The molecule has 0 saturated carbocycles. The van der Waals surface area contributed by atoms with Gasteiger partial charge in [0.1, 0.15) is 35.7 Å². The molecule has 140 valence electrons. The number of hydrogen-bond donors (Lipinski definition) is 0. The second-order valence-electron chi connectivity index (χ2n) is 6.04. The van der Waals surface area contributed by atoms with E-state index in [2.05, 4.69) is 11.1 Å². The summed E-state index contributed by atoms with van der Waals surface area (Å²) in [6.45, 7) is 3.54. The minimum Gasteiger partial charge on any atom is -0.489 e. The molecule has 0 saturated heterocycles.